The number of methoxy groups -OCH3 is 1. The SMILES string of the molecule is CCOc1ccc(C(C)=O)cc1CSc1nnc(-c2ccc(OC)cc2)n1N. The van der Waals surface area contributed by atoms with Gasteiger partial charge in [-0.05, 0) is 56.3 Å². The molecule has 0 saturated heterocycles. The second-order valence-electron chi connectivity index (χ2n) is 6.01. The molecule has 0 spiro atoms. The van der Waals surface area contributed by atoms with E-state index in [0.29, 0.717) is 28.9 Å². The molecule has 8 heteroatoms. The first-order chi connectivity index (χ1) is 13.5. The topological polar surface area (TPSA) is 92.3 Å². The van der Waals surface area contributed by atoms with Crippen molar-refractivity contribution < 1.29 is 14.3 Å². The highest BCUT2D eigenvalue weighted by atomic mass is 32.2. The summed E-state index contributed by atoms with van der Waals surface area (Å²) in [7, 11) is 1.62. The zero-order chi connectivity index (χ0) is 20.1. The lowest BCUT2D eigenvalue weighted by atomic mass is 10.1. The Labute approximate surface area is 167 Å². The highest BCUT2D eigenvalue weighted by Crippen LogP contribution is 2.30. The predicted octanol–water partition coefficient (Wildman–Crippen LogP) is 3.56. The summed E-state index contributed by atoms with van der Waals surface area (Å²) in [5, 5.41) is 8.96. The summed E-state index contributed by atoms with van der Waals surface area (Å²) in [6, 6.07) is 12.9. The number of carbonyl (C=O) groups is 1. The molecular weight excluding hydrogens is 376 g/mol. The molecule has 3 aromatic rings. The van der Waals surface area contributed by atoms with Gasteiger partial charge in [-0.3, -0.25) is 4.79 Å². The summed E-state index contributed by atoms with van der Waals surface area (Å²) < 4.78 is 12.3. The molecule has 0 aliphatic heterocycles. The van der Waals surface area contributed by atoms with Crippen LogP contribution in [-0.2, 0) is 5.75 Å². The minimum Gasteiger partial charge on any atom is -0.497 e. The number of thioether (sulfide) groups is 1. The third kappa shape index (κ3) is 4.28. The Hall–Kier alpha value is -3.00. The number of carbonyl (C=O) groups excluding carboxylic acids is 1. The Bertz CT molecular complexity index is 970. The first-order valence-corrected chi connectivity index (χ1v) is 9.76. The summed E-state index contributed by atoms with van der Waals surface area (Å²) in [5.74, 6) is 8.83. The molecule has 3 rings (SSSR count). The number of nitrogens with two attached hydrogens (primary N) is 1. The molecular formula is C20H22N4O3S. The van der Waals surface area contributed by atoms with Gasteiger partial charge in [0.2, 0.25) is 5.16 Å². The quantitative estimate of drug-likeness (QED) is 0.352. The van der Waals surface area contributed by atoms with E-state index in [1.54, 1.807) is 20.1 Å². The van der Waals surface area contributed by atoms with Gasteiger partial charge >= 0.3 is 0 Å². The average Bonchev–Trinajstić information content (AvgIpc) is 3.07. The van der Waals surface area contributed by atoms with Crippen molar-refractivity contribution >= 4 is 17.5 Å². The van der Waals surface area contributed by atoms with E-state index in [1.807, 2.05) is 43.3 Å². The van der Waals surface area contributed by atoms with E-state index in [4.69, 9.17) is 15.3 Å². The third-order valence-electron chi connectivity index (χ3n) is 4.14. The number of ketones is 1. The molecule has 2 aromatic carbocycles. The van der Waals surface area contributed by atoms with Crippen LogP contribution < -0.4 is 15.3 Å². The Balaban J connectivity index is 1.80. The second-order valence-corrected chi connectivity index (χ2v) is 6.95. The molecule has 1 aromatic heterocycles. The molecule has 0 fully saturated rings. The molecule has 0 bridgehead atoms. The van der Waals surface area contributed by atoms with Gasteiger partial charge in [0, 0.05) is 22.4 Å². The van der Waals surface area contributed by atoms with Gasteiger partial charge in [-0.1, -0.05) is 11.8 Å². The van der Waals surface area contributed by atoms with Crippen molar-refractivity contribution in [1.82, 2.24) is 14.9 Å². The van der Waals surface area contributed by atoms with Gasteiger partial charge in [0.1, 0.15) is 11.5 Å². The number of nitrogen functional groups attached to an aromatic ring is 1. The fourth-order valence-electron chi connectivity index (χ4n) is 2.66. The molecule has 0 unspecified atom stereocenters. The molecule has 146 valence electrons. The molecule has 0 aliphatic carbocycles. The summed E-state index contributed by atoms with van der Waals surface area (Å²) >= 11 is 1.43. The van der Waals surface area contributed by atoms with Gasteiger partial charge in [0.05, 0.1) is 13.7 Å². The number of Topliss-reactive ketones (excluding diaryl/α,β-unsaturated/α-hetero) is 1. The van der Waals surface area contributed by atoms with E-state index in [1.165, 1.54) is 16.4 Å². The van der Waals surface area contributed by atoms with Gasteiger partial charge in [0.15, 0.2) is 11.6 Å². The highest BCUT2D eigenvalue weighted by molar-refractivity contribution is 7.98. The van der Waals surface area contributed by atoms with Crippen LogP contribution in [0.1, 0.15) is 29.8 Å². The van der Waals surface area contributed by atoms with Crippen molar-refractivity contribution in [3.63, 3.8) is 0 Å². The Kier molecular flexibility index (Phi) is 6.20. The molecule has 1 heterocycles. The van der Waals surface area contributed by atoms with Crippen molar-refractivity contribution in [2.45, 2.75) is 24.8 Å². The van der Waals surface area contributed by atoms with E-state index in [2.05, 4.69) is 10.2 Å². The molecule has 0 saturated carbocycles. The summed E-state index contributed by atoms with van der Waals surface area (Å²) in [6.45, 7) is 4.02. The Morgan fingerprint density at radius 1 is 1.18 bits per heavy atom. The smallest absolute Gasteiger partial charge is 0.210 e. The lowest BCUT2D eigenvalue weighted by Gasteiger charge is -2.11. The first kappa shape index (κ1) is 19.8. The summed E-state index contributed by atoms with van der Waals surface area (Å²) in [6.07, 6.45) is 0. The lowest BCUT2D eigenvalue weighted by molar-refractivity contribution is 0.101. The van der Waals surface area contributed by atoms with Crippen LogP contribution in [-0.4, -0.2) is 34.4 Å². The van der Waals surface area contributed by atoms with Crippen LogP contribution >= 0.6 is 11.8 Å². The van der Waals surface area contributed by atoms with Gasteiger partial charge in [-0.15, -0.1) is 10.2 Å². The average molecular weight is 398 g/mol. The first-order valence-electron chi connectivity index (χ1n) is 8.77. The van der Waals surface area contributed by atoms with Crippen molar-refractivity contribution in [3.05, 3.63) is 53.6 Å². The van der Waals surface area contributed by atoms with Crippen LogP contribution in [0.25, 0.3) is 11.4 Å². The van der Waals surface area contributed by atoms with E-state index in [9.17, 15) is 4.79 Å². The van der Waals surface area contributed by atoms with Crippen molar-refractivity contribution in [3.8, 4) is 22.9 Å². The number of rotatable bonds is 8. The maximum Gasteiger partial charge on any atom is 0.210 e. The molecule has 28 heavy (non-hydrogen) atoms. The number of hydrogen-bond acceptors (Lipinski definition) is 7. The molecule has 0 radical (unpaired) electrons. The number of ether oxygens (including phenoxy) is 2. The second kappa shape index (κ2) is 8.79. The zero-order valence-corrected chi connectivity index (χ0v) is 16.8. The van der Waals surface area contributed by atoms with Crippen LogP contribution in [0.4, 0.5) is 0 Å². The highest BCUT2D eigenvalue weighted by Gasteiger charge is 2.14. The van der Waals surface area contributed by atoms with E-state index in [0.717, 1.165) is 22.6 Å². The van der Waals surface area contributed by atoms with E-state index < -0.39 is 0 Å². The third-order valence-corrected chi connectivity index (χ3v) is 5.13. The van der Waals surface area contributed by atoms with Gasteiger partial charge in [-0.25, -0.2) is 4.68 Å². The fourth-order valence-corrected chi connectivity index (χ4v) is 3.50. The van der Waals surface area contributed by atoms with Crippen LogP contribution in [0.15, 0.2) is 47.6 Å². The maximum absolute atomic E-state index is 11.7. The number of nitrogens with zero attached hydrogens (tertiary/aromatic N) is 3. The Morgan fingerprint density at radius 3 is 2.57 bits per heavy atom. The van der Waals surface area contributed by atoms with E-state index in [-0.39, 0.29) is 5.78 Å². The molecule has 0 aliphatic rings. The van der Waals surface area contributed by atoms with Crippen LogP contribution in [0, 0.1) is 0 Å². The largest absolute Gasteiger partial charge is 0.497 e. The van der Waals surface area contributed by atoms with Crippen LogP contribution in [0.2, 0.25) is 0 Å². The van der Waals surface area contributed by atoms with Crippen molar-refractivity contribution in [1.29, 1.82) is 0 Å². The monoisotopic (exact) mass is 398 g/mol. The summed E-state index contributed by atoms with van der Waals surface area (Å²) in [4.78, 5) is 11.7. The minimum atomic E-state index is 0.0121. The lowest BCUT2D eigenvalue weighted by Crippen LogP contribution is -2.11. The van der Waals surface area contributed by atoms with Gasteiger partial charge < -0.3 is 15.3 Å². The van der Waals surface area contributed by atoms with Crippen LogP contribution in [0.3, 0.4) is 0 Å². The molecule has 7 nitrogen and oxygen atoms in total. The Morgan fingerprint density at radius 2 is 1.93 bits per heavy atom. The van der Waals surface area contributed by atoms with Gasteiger partial charge in [0.25, 0.3) is 0 Å². The van der Waals surface area contributed by atoms with E-state index >= 15 is 0 Å². The molecule has 2 N–H and O–H groups in total. The van der Waals surface area contributed by atoms with Gasteiger partial charge in [-0.2, -0.15) is 0 Å². The minimum absolute atomic E-state index is 0.0121. The standard InChI is InChI=1S/C20H22N4O3S/c1-4-27-18-10-7-15(13(2)25)11-16(18)12-28-20-23-22-19(24(20)21)14-5-8-17(26-3)9-6-14/h5-11H,4,12,21H2,1-3H3. The van der Waals surface area contributed by atoms with Crippen LogP contribution in [0.5, 0.6) is 11.5 Å². The number of hydrogen-bond donors (Lipinski definition) is 1. The fraction of sp³-hybridized carbons (Fsp3) is 0.250. The van der Waals surface area contributed by atoms with Crippen molar-refractivity contribution in [2.24, 2.45) is 0 Å². The number of aromatic nitrogens is 3. The molecule has 0 amide bonds. The summed E-state index contributed by atoms with van der Waals surface area (Å²) in [5.41, 5.74) is 2.40. The molecule has 0 atom stereocenters. The predicted molar refractivity (Wildman–Crippen MR) is 109 cm³/mol. The van der Waals surface area contributed by atoms with Crippen molar-refractivity contribution in [2.75, 3.05) is 19.6 Å². The number of benzene rings is 2. The maximum atomic E-state index is 11.7. The normalized spacial score (nSPS) is 10.7. The zero-order valence-electron chi connectivity index (χ0n) is 16.0.